The summed E-state index contributed by atoms with van der Waals surface area (Å²) < 4.78 is 25.4. The molecule has 0 N–H and O–H groups in total. The molecule has 0 radical (unpaired) electrons. The van der Waals surface area contributed by atoms with Crippen LogP contribution in [0, 0.1) is 6.92 Å². The third kappa shape index (κ3) is 3.22. The van der Waals surface area contributed by atoms with Gasteiger partial charge >= 0.3 is 0 Å². The van der Waals surface area contributed by atoms with E-state index in [2.05, 4.69) is 0 Å². The first-order valence-corrected chi connectivity index (χ1v) is 9.68. The molecule has 2 aromatic carbocycles. The maximum absolute atomic E-state index is 12.7. The molecule has 0 unspecified atom stereocenters. The Labute approximate surface area is 143 Å². The Balaban J connectivity index is 1.70. The highest BCUT2D eigenvalue weighted by molar-refractivity contribution is 7.92. The minimum Gasteiger partial charge on any atom is -0.339 e. The minimum atomic E-state index is -3.32. The SMILES string of the molecule is Cc1ccccc1C(=O)N1CCC(S(=O)(=O)c2ccccc2)CC1. The van der Waals surface area contributed by atoms with E-state index in [1.165, 1.54) is 0 Å². The van der Waals surface area contributed by atoms with Gasteiger partial charge in [-0.15, -0.1) is 0 Å². The van der Waals surface area contributed by atoms with E-state index in [1.54, 1.807) is 29.2 Å². The van der Waals surface area contributed by atoms with Crippen LogP contribution < -0.4 is 0 Å². The van der Waals surface area contributed by atoms with Crippen molar-refractivity contribution in [2.45, 2.75) is 29.9 Å². The van der Waals surface area contributed by atoms with Crippen LogP contribution in [0.1, 0.15) is 28.8 Å². The van der Waals surface area contributed by atoms with Crippen LogP contribution in [0.2, 0.25) is 0 Å². The van der Waals surface area contributed by atoms with Gasteiger partial charge in [0.15, 0.2) is 9.84 Å². The summed E-state index contributed by atoms with van der Waals surface area (Å²) in [4.78, 5) is 14.8. The number of rotatable bonds is 3. The summed E-state index contributed by atoms with van der Waals surface area (Å²) in [5.74, 6) is -0.0105. The molecule has 1 aliphatic heterocycles. The molecule has 1 fully saturated rings. The first-order chi connectivity index (χ1) is 11.5. The molecule has 1 aliphatic rings. The summed E-state index contributed by atoms with van der Waals surface area (Å²) in [6.45, 7) is 2.87. The number of aryl methyl sites for hydroxylation is 1. The van der Waals surface area contributed by atoms with Gasteiger partial charge in [-0.25, -0.2) is 8.42 Å². The molecule has 1 heterocycles. The molecule has 0 atom stereocenters. The van der Waals surface area contributed by atoms with E-state index in [1.807, 2.05) is 37.3 Å². The van der Waals surface area contributed by atoms with Crippen molar-refractivity contribution in [3.05, 3.63) is 65.7 Å². The molecular weight excluding hydrogens is 322 g/mol. The van der Waals surface area contributed by atoms with Gasteiger partial charge < -0.3 is 4.90 Å². The monoisotopic (exact) mass is 343 g/mol. The first kappa shape index (κ1) is 16.7. The molecule has 0 aromatic heterocycles. The van der Waals surface area contributed by atoms with Gasteiger partial charge in [0, 0.05) is 18.7 Å². The second kappa shape index (κ2) is 6.77. The zero-order chi connectivity index (χ0) is 17.2. The van der Waals surface area contributed by atoms with Gasteiger partial charge in [-0.05, 0) is 43.5 Å². The number of amides is 1. The van der Waals surface area contributed by atoms with Crippen LogP contribution in [0.15, 0.2) is 59.5 Å². The largest absolute Gasteiger partial charge is 0.339 e. The molecule has 2 aromatic rings. The van der Waals surface area contributed by atoms with Gasteiger partial charge in [0.05, 0.1) is 10.1 Å². The van der Waals surface area contributed by atoms with Crippen molar-refractivity contribution in [3.63, 3.8) is 0 Å². The van der Waals surface area contributed by atoms with E-state index >= 15 is 0 Å². The van der Waals surface area contributed by atoms with Crippen LogP contribution in [-0.4, -0.2) is 37.6 Å². The Hall–Kier alpha value is -2.14. The van der Waals surface area contributed by atoms with Crippen molar-refractivity contribution in [2.75, 3.05) is 13.1 Å². The fraction of sp³-hybridized carbons (Fsp3) is 0.316. The standard InChI is InChI=1S/C19H21NO3S/c1-15-7-5-6-10-18(15)19(21)20-13-11-17(12-14-20)24(22,23)16-8-3-2-4-9-16/h2-10,17H,11-14H2,1H3. The van der Waals surface area contributed by atoms with E-state index in [0.29, 0.717) is 36.4 Å². The number of likely N-dealkylation sites (tertiary alicyclic amines) is 1. The van der Waals surface area contributed by atoms with Crippen molar-refractivity contribution in [1.29, 1.82) is 0 Å². The maximum Gasteiger partial charge on any atom is 0.254 e. The molecule has 0 aliphatic carbocycles. The highest BCUT2D eigenvalue weighted by Crippen LogP contribution is 2.25. The third-order valence-corrected chi connectivity index (χ3v) is 6.89. The minimum absolute atomic E-state index is 0.0105. The van der Waals surface area contributed by atoms with Crippen LogP contribution in [0.3, 0.4) is 0 Å². The van der Waals surface area contributed by atoms with Crippen LogP contribution in [0.4, 0.5) is 0 Å². The molecule has 0 spiro atoms. The van der Waals surface area contributed by atoms with Gasteiger partial charge in [0.2, 0.25) is 0 Å². The summed E-state index contributed by atoms with van der Waals surface area (Å²) in [7, 11) is -3.32. The van der Waals surface area contributed by atoms with Crippen molar-refractivity contribution in [3.8, 4) is 0 Å². The zero-order valence-electron chi connectivity index (χ0n) is 13.7. The van der Waals surface area contributed by atoms with Crippen LogP contribution >= 0.6 is 0 Å². The maximum atomic E-state index is 12.7. The number of carbonyl (C=O) groups is 1. The Morgan fingerprint density at radius 2 is 1.54 bits per heavy atom. The lowest BCUT2D eigenvalue weighted by molar-refractivity contribution is 0.0725. The fourth-order valence-corrected chi connectivity index (χ4v) is 4.91. The number of nitrogens with zero attached hydrogens (tertiary/aromatic N) is 1. The summed E-state index contributed by atoms with van der Waals surface area (Å²) in [6, 6.07) is 16.1. The van der Waals surface area contributed by atoms with Crippen molar-refractivity contribution in [2.24, 2.45) is 0 Å². The summed E-state index contributed by atoms with van der Waals surface area (Å²) in [5.41, 5.74) is 1.64. The second-order valence-corrected chi connectivity index (χ2v) is 8.39. The van der Waals surface area contributed by atoms with E-state index in [9.17, 15) is 13.2 Å². The molecule has 0 saturated carbocycles. The normalized spacial score (nSPS) is 16.1. The van der Waals surface area contributed by atoms with Crippen LogP contribution in [0.5, 0.6) is 0 Å². The highest BCUT2D eigenvalue weighted by Gasteiger charge is 2.33. The van der Waals surface area contributed by atoms with E-state index < -0.39 is 15.1 Å². The number of carbonyl (C=O) groups excluding carboxylic acids is 1. The molecule has 1 amide bonds. The molecule has 0 bridgehead atoms. The molecule has 5 heteroatoms. The first-order valence-electron chi connectivity index (χ1n) is 8.14. The lowest BCUT2D eigenvalue weighted by Crippen LogP contribution is -2.42. The van der Waals surface area contributed by atoms with Crippen LogP contribution in [0.25, 0.3) is 0 Å². The molecule has 126 valence electrons. The Morgan fingerprint density at radius 3 is 2.17 bits per heavy atom. The number of sulfone groups is 1. The fourth-order valence-electron chi connectivity index (χ4n) is 3.16. The molecule has 4 nitrogen and oxygen atoms in total. The van der Waals surface area contributed by atoms with Crippen molar-refractivity contribution >= 4 is 15.7 Å². The number of hydrogen-bond acceptors (Lipinski definition) is 3. The molecular formula is C19H21NO3S. The van der Waals surface area contributed by atoms with E-state index in [4.69, 9.17) is 0 Å². The average molecular weight is 343 g/mol. The van der Waals surface area contributed by atoms with Gasteiger partial charge in [-0.2, -0.15) is 0 Å². The topological polar surface area (TPSA) is 54.5 Å². The highest BCUT2D eigenvalue weighted by atomic mass is 32.2. The van der Waals surface area contributed by atoms with E-state index in [-0.39, 0.29) is 5.91 Å². The zero-order valence-corrected chi connectivity index (χ0v) is 14.5. The van der Waals surface area contributed by atoms with Gasteiger partial charge in [0.25, 0.3) is 5.91 Å². The summed E-state index contributed by atoms with van der Waals surface area (Å²) >= 11 is 0. The molecule has 1 saturated heterocycles. The Bertz CT molecular complexity index is 823. The smallest absolute Gasteiger partial charge is 0.254 e. The van der Waals surface area contributed by atoms with Crippen molar-refractivity contribution < 1.29 is 13.2 Å². The number of benzene rings is 2. The predicted octanol–water partition coefficient (Wildman–Crippen LogP) is 3.07. The van der Waals surface area contributed by atoms with Gasteiger partial charge in [-0.1, -0.05) is 36.4 Å². The quantitative estimate of drug-likeness (QED) is 0.860. The Morgan fingerprint density at radius 1 is 0.958 bits per heavy atom. The molecule has 3 rings (SSSR count). The number of hydrogen-bond donors (Lipinski definition) is 0. The van der Waals surface area contributed by atoms with Crippen molar-refractivity contribution in [1.82, 2.24) is 4.90 Å². The van der Waals surface area contributed by atoms with E-state index in [0.717, 1.165) is 5.56 Å². The summed E-state index contributed by atoms with van der Waals surface area (Å²) in [5, 5.41) is -0.416. The summed E-state index contributed by atoms with van der Waals surface area (Å²) in [6.07, 6.45) is 0.962. The van der Waals surface area contributed by atoms with Gasteiger partial charge in [-0.3, -0.25) is 4.79 Å². The second-order valence-electron chi connectivity index (χ2n) is 6.16. The number of piperidine rings is 1. The van der Waals surface area contributed by atoms with Crippen LogP contribution in [-0.2, 0) is 9.84 Å². The van der Waals surface area contributed by atoms with Gasteiger partial charge in [0.1, 0.15) is 0 Å². The third-order valence-electron chi connectivity index (χ3n) is 4.62. The lowest BCUT2D eigenvalue weighted by atomic mass is 10.1. The Kier molecular flexibility index (Phi) is 4.71. The molecule has 24 heavy (non-hydrogen) atoms. The average Bonchev–Trinajstić information content (AvgIpc) is 2.62. The predicted molar refractivity (Wildman–Crippen MR) is 93.7 cm³/mol. The lowest BCUT2D eigenvalue weighted by Gasteiger charge is -2.32.